The molecule has 0 aliphatic heterocycles. The predicted molar refractivity (Wildman–Crippen MR) is 55.7 cm³/mol. The Hall–Kier alpha value is -1.00. The molecule has 0 fully saturated rings. The van der Waals surface area contributed by atoms with E-state index in [-0.39, 0.29) is 11.6 Å². The standard InChI is InChI=1S/C8H8Cl2N2O2/c1-11-3-2-7(13)12(8(11)14)5-6(10)4-9/h2-4H,5H2,1H3. The van der Waals surface area contributed by atoms with Gasteiger partial charge in [0.05, 0.1) is 6.54 Å². The first-order valence-electron chi connectivity index (χ1n) is 3.77. The van der Waals surface area contributed by atoms with E-state index < -0.39 is 11.2 Å². The lowest BCUT2D eigenvalue weighted by Crippen LogP contribution is -2.37. The summed E-state index contributed by atoms with van der Waals surface area (Å²) in [6.07, 6.45) is 1.40. The monoisotopic (exact) mass is 234 g/mol. The fourth-order valence-corrected chi connectivity index (χ4v) is 1.13. The summed E-state index contributed by atoms with van der Waals surface area (Å²) >= 11 is 10.9. The van der Waals surface area contributed by atoms with Crippen molar-refractivity contribution >= 4 is 23.2 Å². The van der Waals surface area contributed by atoms with Gasteiger partial charge >= 0.3 is 5.69 Å². The Morgan fingerprint density at radius 1 is 1.57 bits per heavy atom. The molecule has 1 rings (SSSR count). The summed E-state index contributed by atoms with van der Waals surface area (Å²) in [6.45, 7) is -0.00258. The number of rotatable bonds is 2. The maximum absolute atomic E-state index is 11.4. The molecule has 0 unspecified atom stereocenters. The summed E-state index contributed by atoms with van der Waals surface area (Å²) < 4.78 is 2.29. The Morgan fingerprint density at radius 2 is 2.21 bits per heavy atom. The van der Waals surface area contributed by atoms with Crippen LogP contribution in [0.15, 0.2) is 32.4 Å². The highest BCUT2D eigenvalue weighted by molar-refractivity contribution is 6.36. The second-order valence-corrected chi connectivity index (χ2v) is 3.39. The lowest BCUT2D eigenvalue weighted by atomic mass is 10.5. The van der Waals surface area contributed by atoms with Gasteiger partial charge in [0.25, 0.3) is 5.56 Å². The molecule has 0 radical (unpaired) electrons. The predicted octanol–water partition coefficient (Wildman–Crippen LogP) is 0.866. The van der Waals surface area contributed by atoms with Crippen LogP contribution in [0.25, 0.3) is 0 Å². The molecule has 0 atom stereocenters. The van der Waals surface area contributed by atoms with Crippen molar-refractivity contribution in [1.29, 1.82) is 0 Å². The number of aryl methyl sites for hydroxylation is 1. The van der Waals surface area contributed by atoms with Gasteiger partial charge in [0.2, 0.25) is 0 Å². The summed E-state index contributed by atoms with van der Waals surface area (Å²) in [5.41, 5.74) is 0.305. The number of aromatic nitrogens is 2. The fourth-order valence-electron chi connectivity index (χ4n) is 0.945. The third-order valence-electron chi connectivity index (χ3n) is 1.67. The minimum absolute atomic E-state index is 0.00258. The van der Waals surface area contributed by atoms with E-state index in [0.29, 0.717) is 0 Å². The summed E-state index contributed by atoms with van der Waals surface area (Å²) in [5, 5.41) is 0.233. The van der Waals surface area contributed by atoms with Gasteiger partial charge in [-0.05, 0) is 0 Å². The van der Waals surface area contributed by atoms with Gasteiger partial charge in [0, 0.05) is 29.9 Å². The summed E-state index contributed by atoms with van der Waals surface area (Å²) in [5.74, 6) is 0. The maximum atomic E-state index is 11.4. The molecule has 76 valence electrons. The van der Waals surface area contributed by atoms with Gasteiger partial charge in [0.1, 0.15) is 0 Å². The Balaban J connectivity index is 3.27. The van der Waals surface area contributed by atoms with Crippen LogP contribution in [0.5, 0.6) is 0 Å². The normalized spacial score (nSPS) is 11.8. The number of hydrogen-bond donors (Lipinski definition) is 0. The average molecular weight is 235 g/mol. The Labute approximate surface area is 90.0 Å². The van der Waals surface area contributed by atoms with E-state index in [1.54, 1.807) is 7.05 Å². The van der Waals surface area contributed by atoms with E-state index in [0.717, 1.165) is 10.1 Å². The smallest absolute Gasteiger partial charge is 0.303 e. The zero-order chi connectivity index (χ0) is 10.7. The molecule has 0 aliphatic carbocycles. The van der Waals surface area contributed by atoms with Crippen molar-refractivity contribution in [2.45, 2.75) is 6.54 Å². The molecule has 0 spiro atoms. The van der Waals surface area contributed by atoms with Gasteiger partial charge < -0.3 is 4.57 Å². The van der Waals surface area contributed by atoms with Gasteiger partial charge in [-0.3, -0.25) is 9.36 Å². The van der Waals surface area contributed by atoms with E-state index in [1.807, 2.05) is 0 Å². The Bertz CT molecular complexity index is 473. The van der Waals surface area contributed by atoms with Crippen LogP contribution in [0.1, 0.15) is 0 Å². The highest BCUT2D eigenvalue weighted by atomic mass is 35.5. The zero-order valence-corrected chi connectivity index (χ0v) is 8.92. The van der Waals surface area contributed by atoms with Crippen LogP contribution >= 0.6 is 23.2 Å². The lowest BCUT2D eigenvalue weighted by molar-refractivity contribution is 0.644. The van der Waals surface area contributed by atoms with Crippen LogP contribution in [0.4, 0.5) is 0 Å². The molecule has 1 heterocycles. The minimum atomic E-state index is -0.422. The van der Waals surface area contributed by atoms with Crippen LogP contribution < -0.4 is 11.2 Å². The molecular weight excluding hydrogens is 227 g/mol. The second kappa shape index (κ2) is 4.48. The maximum Gasteiger partial charge on any atom is 0.331 e. The van der Waals surface area contributed by atoms with Crippen molar-refractivity contribution in [1.82, 2.24) is 9.13 Å². The summed E-state index contributed by atoms with van der Waals surface area (Å²) in [7, 11) is 1.55. The first kappa shape index (κ1) is 11.1. The fraction of sp³-hybridized carbons (Fsp3) is 0.250. The molecule has 1 aromatic heterocycles. The molecular formula is C8H8Cl2N2O2. The van der Waals surface area contributed by atoms with Gasteiger partial charge in [-0.15, -0.1) is 0 Å². The van der Waals surface area contributed by atoms with Crippen LogP contribution in [-0.2, 0) is 13.6 Å². The number of allylic oxidation sites excluding steroid dienone is 1. The van der Waals surface area contributed by atoms with E-state index in [1.165, 1.54) is 16.8 Å². The molecule has 6 heteroatoms. The van der Waals surface area contributed by atoms with E-state index in [9.17, 15) is 9.59 Å². The molecule has 0 aromatic carbocycles. The first-order valence-corrected chi connectivity index (χ1v) is 4.59. The number of halogens is 2. The van der Waals surface area contributed by atoms with Crippen molar-refractivity contribution in [2.24, 2.45) is 7.05 Å². The number of hydrogen-bond acceptors (Lipinski definition) is 2. The van der Waals surface area contributed by atoms with E-state index in [2.05, 4.69) is 0 Å². The highest BCUT2D eigenvalue weighted by Gasteiger charge is 2.03. The molecule has 0 saturated heterocycles. The van der Waals surface area contributed by atoms with Gasteiger partial charge in [-0.25, -0.2) is 4.79 Å². The van der Waals surface area contributed by atoms with Crippen molar-refractivity contribution < 1.29 is 0 Å². The van der Waals surface area contributed by atoms with Gasteiger partial charge in [-0.2, -0.15) is 0 Å². The molecule has 0 bridgehead atoms. The molecule has 0 N–H and O–H groups in total. The lowest BCUT2D eigenvalue weighted by Gasteiger charge is -2.04. The molecule has 0 saturated carbocycles. The second-order valence-electron chi connectivity index (χ2n) is 2.69. The van der Waals surface area contributed by atoms with Crippen molar-refractivity contribution in [3.8, 4) is 0 Å². The minimum Gasteiger partial charge on any atom is -0.303 e. The third kappa shape index (κ3) is 2.27. The van der Waals surface area contributed by atoms with Crippen molar-refractivity contribution in [3.63, 3.8) is 0 Å². The molecule has 14 heavy (non-hydrogen) atoms. The molecule has 1 aromatic rings. The Morgan fingerprint density at radius 3 is 2.79 bits per heavy atom. The highest BCUT2D eigenvalue weighted by Crippen LogP contribution is 2.03. The van der Waals surface area contributed by atoms with E-state index >= 15 is 0 Å². The van der Waals surface area contributed by atoms with Gasteiger partial charge in [-0.1, -0.05) is 23.2 Å². The van der Waals surface area contributed by atoms with Crippen LogP contribution in [0.2, 0.25) is 0 Å². The average Bonchev–Trinajstić information content (AvgIpc) is 2.18. The third-order valence-corrected chi connectivity index (χ3v) is 2.27. The zero-order valence-electron chi connectivity index (χ0n) is 7.41. The largest absolute Gasteiger partial charge is 0.331 e. The number of nitrogens with zero attached hydrogens (tertiary/aromatic N) is 2. The molecule has 4 nitrogen and oxygen atoms in total. The van der Waals surface area contributed by atoms with Crippen molar-refractivity contribution in [3.05, 3.63) is 43.7 Å². The Kier molecular flexibility index (Phi) is 3.55. The molecule has 0 amide bonds. The quantitative estimate of drug-likeness (QED) is 0.763. The van der Waals surface area contributed by atoms with Gasteiger partial charge in [0.15, 0.2) is 0 Å². The van der Waals surface area contributed by atoms with Crippen LogP contribution in [0.3, 0.4) is 0 Å². The SMILES string of the molecule is Cn1ccc(=O)n(CC(Cl)=CCl)c1=O. The molecule has 0 aliphatic rings. The van der Waals surface area contributed by atoms with Crippen LogP contribution in [0, 0.1) is 0 Å². The van der Waals surface area contributed by atoms with Crippen molar-refractivity contribution in [2.75, 3.05) is 0 Å². The topological polar surface area (TPSA) is 44.0 Å². The van der Waals surface area contributed by atoms with Crippen LogP contribution in [-0.4, -0.2) is 9.13 Å². The van der Waals surface area contributed by atoms with E-state index in [4.69, 9.17) is 23.2 Å². The summed E-state index contributed by atoms with van der Waals surface area (Å²) in [4.78, 5) is 22.7. The summed E-state index contributed by atoms with van der Waals surface area (Å²) in [6, 6.07) is 1.29. The first-order chi connectivity index (χ1) is 6.56.